The molecule has 0 aliphatic heterocycles. The van der Waals surface area contributed by atoms with Crippen LogP contribution in [-0.4, -0.2) is 74.5 Å². The van der Waals surface area contributed by atoms with Gasteiger partial charge in [0.05, 0.1) is 23.9 Å². The summed E-state index contributed by atoms with van der Waals surface area (Å²) in [5.74, 6) is -1.61. The molecular formula is C31H50BNO8. The van der Waals surface area contributed by atoms with E-state index in [1.54, 1.807) is 0 Å². The summed E-state index contributed by atoms with van der Waals surface area (Å²) >= 11 is 0. The minimum Gasteiger partial charge on any atom is -0.455 e. The fraction of sp³-hybridized carbons (Fsp3) is 0.677. The highest BCUT2D eigenvalue weighted by molar-refractivity contribution is 6.76. The Morgan fingerprint density at radius 2 is 1.51 bits per heavy atom. The fourth-order valence-corrected chi connectivity index (χ4v) is 4.98. The van der Waals surface area contributed by atoms with E-state index in [0.717, 1.165) is 19.3 Å². The van der Waals surface area contributed by atoms with Crippen molar-refractivity contribution < 1.29 is 38.1 Å². The zero-order valence-corrected chi connectivity index (χ0v) is 26.4. The molecule has 0 aromatic rings. The van der Waals surface area contributed by atoms with Gasteiger partial charge < -0.3 is 29.1 Å². The van der Waals surface area contributed by atoms with Crippen LogP contribution in [0.3, 0.4) is 0 Å². The number of carbonyl (C=O) groups excluding carboxylic acids is 4. The third-order valence-electron chi connectivity index (χ3n) is 6.96. The Bertz CT molecular complexity index is 1020. The molecule has 10 heteroatoms. The number of ether oxygens (including phenoxy) is 4. The molecule has 1 rings (SSSR count). The summed E-state index contributed by atoms with van der Waals surface area (Å²) in [6.07, 6.45) is 5.28. The molecule has 0 spiro atoms. The first-order valence-corrected chi connectivity index (χ1v) is 14.1. The van der Waals surface area contributed by atoms with Crippen LogP contribution in [0.2, 0.25) is 5.31 Å². The minimum absolute atomic E-state index is 0.0887. The molecule has 0 heterocycles. The second kappa shape index (κ2) is 15.0. The fourth-order valence-electron chi connectivity index (χ4n) is 4.98. The van der Waals surface area contributed by atoms with Crippen molar-refractivity contribution in [2.75, 3.05) is 26.4 Å². The topological polar surface area (TPSA) is 117 Å². The van der Waals surface area contributed by atoms with E-state index in [1.165, 1.54) is 13.8 Å². The Kier molecular flexibility index (Phi) is 13.2. The molecule has 0 radical (unpaired) electrons. The summed E-state index contributed by atoms with van der Waals surface area (Å²) in [6, 6.07) is 0. The molecule has 1 saturated carbocycles. The third kappa shape index (κ3) is 12.8. The molecule has 1 amide bonds. The van der Waals surface area contributed by atoms with Crippen molar-refractivity contribution in [3.63, 3.8) is 0 Å². The molecule has 0 bridgehead atoms. The largest absolute Gasteiger partial charge is 0.455 e. The smallest absolute Gasteiger partial charge is 0.333 e. The highest BCUT2D eigenvalue weighted by Crippen LogP contribution is 2.48. The average Bonchev–Trinajstić information content (AvgIpc) is 3.24. The molecule has 9 nitrogen and oxygen atoms in total. The number of carbonyl (C=O) groups is 4. The molecule has 230 valence electrons. The molecule has 0 aromatic carbocycles. The van der Waals surface area contributed by atoms with E-state index >= 15 is 0 Å². The van der Waals surface area contributed by atoms with Gasteiger partial charge in [-0.1, -0.05) is 33.1 Å². The van der Waals surface area contributed by atoms with E-state index in [-0.39, 0.29) is 48.8 Å². The summed E-state index contributed by atoms with van der Waals surface area (Å²) in [7, 11) is 0.214. The number of rotatable bonds is 18. The van der Waals surface area contributed by atoms with Gasteiger partial charge in [-0.2, -0.15) is 0 Å². The summed E-state index contributed by atoms with van der Waals surface area (Å²) in [4.78, 5) is 47.9. The summed E-state index contributed by atoms with van der Waals surface area (Å²) in [6.45, 7) is 25.8. The van der Waals surface area contributed by atoms with Gasteiger partial charge in [0.25, 0.3) is 5.91 Å². The molecule has 0 saturated heterocycles. The standard InChI is InChI=1S/C31H50BNO8/c1-12-31(18-30(10,11)41-20-29(8,9)33-25(35)17-39-27(37)22(4)5)15-13-14-23(31)40-19-28(6,7)32-24(34)16-38-26(36)21(2)3/h12,23,32H,1-2,4,13-20H2,3,5-11H3,(H,33,35). The lowest BCUT2D eigenvalue weighted by atomic mass is 9.52. The predicted molar refractivity (Wildman–Crippen MR) is 161 cm³/mol. The molecule has 41 heavy (non-hydrogen) atoms. The van der Waals surface area contributed by atoms with Crippen LogP contribution < -0.4 is 5.32 Å². The Balaban J connectivity index is 2.72. The molecule has 2 unspecified atom stereocenters. The summed E-state index contributed by atoms with van der Waals surface area (Å²) < 4.78 is 22.7. The van der Waals surface area contributed by atoms with Gasteiger partial charge in [-0.05, 0) is 72.5 Å². The first-order chi connectivity index (χ1) is 18.7. The van der Waals surface area contributed by atoms with Crippen molar-refractivity contribution in [1.82, 2.24) is 5.32 Å². The third-order valence-corrected chi connectivity index (χ3v) is 6.96. The highest BCUT2D eigenvalue weighted by atomic mass is 16.5. The van der Waals surface area contributed by atoms with Gasteiger partial charge in [0.1, 0.15) is 12.3 Å². The second-order valence-corrected chi connectivity index (χ2v) is 13.4. The van der Waals surface area contributed by atoms with Crippen LogP contribution in [0.1, 0.15) is 81.1 Å². The average molecular weight is 576 g/mol. The summed E-state index contributed by atoms with van der Waals surface area (Å²) in [5, 5.41) is 2.40. The van der Waals surface area contributed by atoms with E-state index in [2.05, 4.69) is 25.1 Å². The molecule has 1 aliphatic carbocycles. The van der Waals surface area contributed by atoms with Crippen molar-refractivity contribution in [3.8, 4) is 0 Å². The molecular weight excluding hydrogens is 525 g/mol. The first-order valence-electron chi connectivity index (χ1n) is 14.1. The quantitative estimate of drug-likeness (QED) is 0.112. The Morgan fingerprint density at radius 1 is 0.951 bits per heavy atom. The van der Waals surface area contributed by atoms with E-state index in [1.807, 2.05) is 47.6 Å². The van der Waals surface area contributed by atoms with Crippen LogP contribution in [0.25, 0.3) is 0 Å². The van der Waals surface area contributed by atoms with E-state index < -0.39 is 40.9 Å². The van der Waals surface area contributed by atoms with E-state index in [9.17, 15) is 19.2 Å². The van der Waals surface area contributed by atoms with Gasteiger partial charge in [-0.25, -0.2) is 9.59 Å². The SMILES string of the molecule is C=CC1(CC(C)(C)OCC(C)(C)NC(=O)COC(=O)C(=C)C)CCCC1OCC(C)(C)BC(=O)COC(=O)C(=C)C. The van der Waals surface area contributed by atoms with Crippen molar-refractivity contribution in [3.05, 3.63) is 37.0 Å². The maximum Gasteiger partial charge on any atom is 0.333 e. The number of esters is 2. The van der Waals surface area contributed by atoms with Gasteiger partial charge in [0, 0.05) is 23.2 Å². The van der Waals surface area contributed by atoms with Gasteiger partial charge >= 0.3 is 11.9 Å². The molecule has 1 fully saturated rings. The summed E-state index contributed by atoms with van der Waals surface area (Å²) in [5.41, 5.74) is -1.27. The monoisotopic (exact) mass is 575 g/mol. The second-order valence-electron chi connectivity index (χ2n) is 13.4. The van der Waals surface area contributed by atoms with Gasteiger partial charge in [0.2, 0.25) is 7.28 Å². The first kappa shape index (κ1) is 36.3. The van der Waals surface area contributed by atoms with Crippen molar-refractivity contribution in [2.24, 2.45) is 5.41 Å². The van der Waals surface area contributed by atoms with Crippen LogP contribution in [0.15, 0.2) is 37.0 Å². The number of hydrogen-bond acceptors (Lipinski definition) is 8. The predicted octanol–water partition coefficient (Wildman–Crippen LogP) is 4.21. The lowest BCUT2D eigenvalue weighted by Crippen LogP contribution is -2.50. The maximum absolute atomic E-state index is 12.4. The Morgan fingerprint density at radius 3 is 2.05 bits per heavy atom. The minimum atomic E-state index is -0.702. The number of nitrogens with one attached hydrogen (secondary N) is 1. The van der Waals surface area contributed by atoms with Crippen LogP contribution in [0.4, 0.5) is 0 Å². The van der Waals surface area contributed by atoms with Crippen molar-refractivity contribution in [1.29, 1.82) is 0 Å². The number of hydrogen-bond donors (Lipinski definition) is 1. The lowest BCUT2D eigenvalue weighted by Gasteiger charge is -2.41. The van der Waals surface area contributed by atoms with Gasteiger partial charge in [0.15, 0.2) is 6.61 Å². The van der Waals surface area contributed by atoms with Crippen LogP contribution in [-0.2, 0) is 38.1 Å². The van der Waals surface area contributed by atoms with Crippen LogP contribution in [0.5, 0.6) is 0 Å². The van der Waals surface area contributed by atoms with Gasteiger partial charge in [-0.15, -0.1) is 6.58 Å². The zero-order chi connectivity index (χ0) is 31.6. The molecule has 0 aromatic heterocycles. The van der Waals surface area contributed by atoms with E-state index in [4.69, 9.17) is 18.9 Å². The van der Waals surface area contributed by atoms with Crippen molar-refractivity contribution in [2.45, 2.75) is 104 Å². The van der Waals surface area contributed by atoms with E-state index in [0.29, 0.717) is 13.0 Å². The lowest BCUT2D eigenvalue weighted by molar-refractivity contribution is -0.146. The van der Waals surface area contributed by atoms with Gasteiger partial charge in [-0.3, -0.25) is 4.79 Å². The van der Waals surface area contributed by atoms with Crippen LogP contribution in [0, 0.1) is 5.41 Å². The zero-order valence-electron chi connectivity index (χ0n) is 26.4. The Labute approximate surface area is 246 Å². The van der Waals surface area contributed by atoms with Crippen molar-refractivity contribution >= 4 is 30.8 Å². The maximum atomic E-state index is 12.4. The van der Waals surface area contributed by atoms with Crippen LogP contribution >= 0.6 is 0 Å². The highest BCUT2D eigenvalue weighted by Gasteiger charge is 2.46. The molecule has 2 atom stereocenters. The normalized spacial score (nSPS) is 19.2. The Hall–Kier alpha value is -2.72. The molecule has 1 aliphatic rings. The molecule has 1 N–H and O–H groups in total. The number of amides is 1.